The molecule has 1 atom stereocenters. The number of carbonyl (C=O) groups excluding carboxylic acids is 1. The first-order valence-corrected chi connectivity index (χ1v) is 12.1. The smallest absolute Gasteiger partial charge is 0.254 e. The van der Waals surface area contributed by atoms with Crippen molar-refractivity contribution in [2.75, 3.05) is 25.2 Å². The SMILES string of the molecule is CCCCOc1ccc(C(=O)N(Cc2ccc(OC)cc2)C2CCS(=O)(=O)C2)cc1. The third-order valence-corrected chi connectivity index (χ3v) is 7.04. The number of amides is 1. The van der Waals surface area contributed by atoms with Gasteiger partial charge in [0.15, 0.2) is 9.84 Å². The topological polar surface area (TPSA) is 72.9 Å². The molecule has 1 heterocycles. The van der Waals surface area contributed by atoms with Crippen LogP contribution in [-0.2, 0) is 16.4 Å². The van der Waals surface area contributed by atoms with Crippen molar-refractivity contribution in [1.82, 2.24) is 4.90 Å². The molecular formula is C23H29NO5S. The first-order chi connectivity index (χ1) is 14.4. The van der Waals surface area contributed by atoms with E-state index in [2.05, 4.69) is 6.92 Å². The normalized spacial score (nSPS) is 17.5. The number of benzene rings is 2. The fraction of sp³-hybridized carbons (Fsp3) is 0.435. The first-order valence-electron chi connectivity index (χ1n) is 10.3. The lowest BCUT2D eigenvalue weighted by atomic mass is 10.1. The fourth-order valence-electron chi connectivity index (χ4n) is 3.51. The summed E-state index contributed by atoms with van der Waals surface area (Å²) in [5.41, 5.74) is 1.45. The van der Waals surface area contributed by atoms with Crippen molar-refractivity contribution in [1.29, 1.82) is 0 Å². The number of rotatable bonds is 9. The molecule has 1 saturated heterocycles. The van der Waals surface area contributed by atoms with E-state index >= 15 is 0 Å². The van der Waals surface area contributed by atoms with Gasteiger partial charge in [0, 0.05) is 18.2 Å². The summed E-state index contributed by atoms with van der Waals surface area (Å²) < 4.78 is 34.9. The van der Waals surface area contributed by atoms with Gasteiger partial charge in [-0.05, 0) is 54.8 Å². The molecule has 0 N–H and O–H groups in total. The molecule has 0 aromatic heterocycles. The molecule has 1 aliphatic heterocycles. The van der Waals surface area contributed by atoms with Gasteiger partial charge in [-0.25, -0.2) is 8.42 Å². The second-order valence-corrected chi connectivity index (χ2v) is 9.79. The molecule has 0 spiro atoms. The average Bonchev–Trinajstić information content (AvgIpc) is 3.12. The molecule has 2 aromatic rings. The number of carbonyl (C=O) groups is 1. The number of unbranched alkanes of at least 4 members (excludes halogenated alkanes) is 1. The van der Waals surface area contributed by atoms with E-state index in [4.69, 9.17) is 9.47 Å². The lowest BCUT2D eigenvalue weighted by molar-refractivity contribution is 0.0681. The third-order valence-electron chi connectivity index (χ3n) is 5.29. The Morgan fingerprint density at radius 3 is 2.30 bits per heavy atom. The predicted molar refractivity (Wildman–Crippen MR) is 117 cm³/mol. The van der Waals surface area contributed by atoms with Gasteiger partial charge in [-0.3, -0.25) is 4.79 Å². The van der Waals surface area contributed by atoms with Gasteiger partial charge >= 0.3 is 0 Å². The number of nitrogens with zero attached hydrogens (tertiary/aromatic N) is 1. The largest absolute Gasteiger partial charge is 0.497 e. The summed E-state index contributed by atoms with van der Waals surface area (Å²) in [5, 5.41) is 0. The Bertz CT molecular complexity index is 939. The number of hydrogen-bond acceptors (Lipinski definition) is 5. The summed E-state index contributed by atoms with van der Waals surface area (Å²) in [7, 11) is -1.51. The molecule has 3 rings (SSSR count). The van der Waals surface area contributed by atoms with Crippen LogP contribution in [0.5, 0.6) is 11.5 Å². The lowest BCUT2D eigenvalue weighted by Crippen LogP contribution is -2.40. The number of sulfone groups is 1. The quantitative estimate of drug-likeness (QED) is 0.566. The summed E-state index contributed by atoms with van der Waals surface area (Å²) in [6.45, 7) is 3.09. The molecule has 0 bridgehead atoms. The van der Waals surface area contributed by atoms with Gasteiger partial charge in [-0.2, -0.15) is 0 Å². The minimum atomic E-state index is -3.11. The van der Waals surface area contributed by atoms with Gasteiger partial charge in [0.2, 0.25) is 0 Å². The number of ether oxygens (including phenoxy) is 2. The Labute approximate surface area is 178 Å². The van der Waals surface area contributed by atoms with Crippen LogP contribution >= 0.6 is 0 Å². The molecule has 30 heavy (non-hydrogen) atoms. The molecule has 0 saturated carbocycles. The van der Waals surface area contributed by atoms with Gasteiger partial charge in [-0.15, -0.1) is 0 Å². The Kier molecular flexibility index (Phi) is 7.37. The number of hydrogen-bond donors (Lipinski definition) is 0. The van der Waals surface area contributed by atoms with Crippen LogP contribution in [0.25, 0.3) is 0 Å². The zero-order valence-corrected chi connectivity index (χ0v) is 18.4. The van der Waals surface area contributed by atoms with E-state index in [-0.39, 0.29) is 23.5 Å². The van der Waals surface area contributed by atoms with Crippen LogP contribution in [-0.4, -0.2) is 50.5 Å². The first kappa shape index (κ1) is 22.2. The van der Waals surface area contributed by atoms with Crippen LogP contribution in [0.15, 0.2) is 48.5 Å². The second kappa shape index (κ2) is 9.98. The van der Waals surface area contributed by atoms with E-state index in [1.165, 1.54) is 0 Å². The predicted octanol–water partition coefficient (Wildman–Crippen LogP) is 3.70. The molecule has 0 radical (unpaired) electrons. The second-order valence-electron chi connectivity index (χ2n) is 7.56. The standard InChI is InChI=1S/C23H29NO5S/c1-3-4-14-29-22-11-7-19(8-12-22)23(25)24(20-13-15-30(26,27)17-20)16-18-5-9-21(28-2)10-6-18/h5-12,20H,3-4,13-17H2,1-2H3. The highest BCUT2D eigenvalue weighted by atomic mass is 32.2. The molecule has 1 unspecified atom stereocenters. The Balaban J connectivity index is 1.79. The maximum absolute atomic E-state index is 13.3. The average molecular weight is 432 g/mol. The Morgan fingerprint density at radius 2 is 1.73 bits per heavy atom. The van der Waals surface area contributed by atoms with Crippen LogP contribution in [0.3, 0.4) is 0 Å². The molecule has 1 aliphatic rings. The van der Waals surface area contributed by atoms with Crippen molar-refractivity contribution in [2.24, 2.45) is 0 Å². The molecule has 162 valence electrons. The summed E-state index contributed by atoms with van der Waals surface area (Å²) in [6.07, 6.45) is 2.50. The van der Waals surface area contributed by atoms with E-state index in [1.807, 2.05) is 24.3 Å². The Morgan fingerprint density at radius 1 is 1.07 bits per heavy atom. The summed E-state index contributed by atoms with van der Waals surface area (Å²) in [5.74, 6) is 1.42. The highest BCUT2D eigenvalue weighted by Crippen LogP contribution is 2.24. The summed E-state index contributed by atoms with van der Waals surface area (Å²) >= 11 is 0. The van der Waals surface area contributed by atoms with Gasteiger partial charge in [-0.1, -0.05) is 25.5 Å². The van der Waals surface area contributed by atoms with Crippen molar-refractivity contribution in [2.45, 2.75) is 38.8 Å². The molecule has 7 heteroatoms. The van der Waals surface area contributed by atoms with Crippen molar-refractivity contribution >= 4 is 15.7 Å². The molecule has 1 fully saturated rings. The maximum atomic E-state index is 13.3. The molecule has 6 nitrogen and oxygen atoms in total. The van der Waals surface area contributed by atoms with E-state index in [9.17, 15) is 13.2 Å². The van der Waals surface area contributed by atoms with Gasteiger partial charge in [0.05, 0.1) is 25.2 Å². The highest BCUT2D eigenvalue weighted by molar-refractivity contribution is 7.91. The maximum Gasteiger partial charge on any atom is 0.254 e. The van der Waals surface area contributed by atoms with Crippen LogP contribution in [0.4, 0.5) is 0 Å². The van der Waals surface area contributed by atoms with Gasteiger partial charge in [0.25, 0.3) is 5.91 Å². The van der Waals surface area contributed by atoms with Gasteiger partial charge in [0.1, 0.15) is 11.5 Å². The minimum absolute atomic E-state index is 0.00705. The molecule has 2 aromatic carbocycles. The van der Waals surface area contributed by atoms with Crippen molar-refractivity contribution < 1.29 is 22.7 Å². The van der Waals surface area contributed by atoms with Crippen molar-refractivity contribution in [3.05, 3.63) is 59.7 Å². The van der Waals surface area contributed by atoms with Crippen LogP contribution in [0.2, 0.25) is 0 Å². The van der Waals surface area contributed by atoms with Crippen LogP contribution in [0.1, 0.15) is 42.1 Å². The third kappa shape index (κ3) is 5.75. The van der Waals surface area contributed by atoms with E-state index in [0.29, 0.717) is 25.1 Å². The van der Waals surface area contributed by atoms with E-state index in [1.54, 1.807) is 36.3 Å². The summed E-state index contributed by atoms with van der Waals surface area (Å²) in [4.78, 5) is 15.0. The Hall–Kier alpha value is -2.54. The zero-order chi connectivity index (χ0) is 21.6. The van der Waals surface area contributed by atoms with Crippen LogP contribution in [0, 0.1) is 0 Å². The fourth-order valence-corrected chi connectivity index (χ4v) is 5.24. The highest BCUT2D eigenvalue weighted by Gasteiger charge is 2.35. The van der Waals surface area contributed by atoms with Crippen molar-refractivity contribution in [3.8, 4) is 11.5 Å². The number of methoxy groups -OCH3 is 1. The monoisotopic (exact) mass is 431 g/mol. The van der Waals surface area contributed by atoms with E-state index in [0.717, 1.165) is 29.9 Å². The van der Waals surface area contributed by atoms with Crippen LogP contribution < -0.4 is 9.47 Å². The molecule has 0 aliphatic carbocycles. The summed E-state index contributed by atoms with van der Waals surface area (Å²) in [6, 6.07) is 14.2. The minimum Gasteiger partial charge on any atom is -0.497 e. The molecule has 1 amide bonds. The van der Waals surface area contributed by atoms with E-state index < -0.39 is 9.84 Å². The van der Waals surface area contributed by atoms with Crippen molar-refractivity contribution in [3.63, 3.8) is 0 Å². The lowest BCUT2D eigenvalue weighted by Gasteiger charge is -2.28. The molecular weight excluding hydrogens is 402 g/mol. The van der Waals surface area contributed by atoms with Gasteiger partial charge < -0.3 is 14.4 Å². The zero-order valence-electron chi connectivity index (χ0n) is 17.5.